The summed E-state index contributed by atoms with van der Waals surface area (Å²) in [6.07, 6.45) is 1.92. The van der Waals surface area contributed by atoms with E-state index in [0.717, 1.165) is 73.6 Å². The molecule has 0 N–H and O–H groups in total. The Morgan fingerprint density at radius 3 is 2.59 bits per heavy atom. The van der Waals surface area contributed by atoms with Gasteiger partial charge in [-0.1, -0.05) is 12.1 Å². The summed E-state index contributed by atoms with van der Waals surface area (Å²) in [5.41, 5.74) is 3.72. The molecule has 1 saturated heterocycles. The van der Waals surface area contributed by atoms with E-state index in [1.165, 1.54) is 0 Å². The van der Waals surface area contributed by atoms with Gasteiger partial charge in [-0.25, -0.2) is 0 Å². The third kappa shape index (κ3) is 3.82. The van der Waals surface area contributed by atoms with Crippen LogP contribution in [0.25, 0.3) is 11.1 Å². The van der Waals surface area contributed by atoms with Crippen LogP contribution in [0.1, 0.15) is 23.5 Å². The van der Waals surface area contributed by atoms with E-state index < -0.39 is 0 Å². The highest BCUT2D eigenvalue weighted by Gasteiger charge is 2.34. The van der Waals surface area contributed by atoms with E-state index in [1.807, 2.05) is 30.3 Å². The second-order valence-electron chi connectivity index (χ2n) is 7.28. The number of hydrogen-bond donors (Lipinski definition) is 0. The Bertz CT molecular complexity index is 876. The number of methoxy groups -OCH3 is 2. The van der Waals surface area contributed by atoms with Gasteiger partial charge in [0.2, 0.25) is 0 Å². The molecule has 154 valence electrons. The van der Waals surface area contributed by atoms with Crippen molar-refractivity contribution in [2.24, 2.45) is 0 Å². The normalized spacial score (nSPS) is 18.1. The summed E-state index contributed by atoms with van der Waals surface area (Å²) in [5.74, 6) is 1.81. The molecule has 2 aromatic rings. The molecular weight excluding hydrogens is 370 g/mol. The fourth-order valence-corrected chi connectivity index (χ4v) is 4.21. The van der Waals surface area contributed by atoms with E-state index in [1.54, 1.807) is 14.2 Å². The maximum atomic E-state index is 11.9. The monoisotopic (exact) mass is 397 g/mol. The van der Waals surface area contributed by atoms with Gasteiger partial charge in [-0.05, 0) is 29.7 Å². The number of hydrogen-bond acceptors (Lipinski definition) is 6. The van der Waals surface area contributed by atoms with Gasteiger partial charge < -0.3 is 23.7 Å². The first-order valence-corrected chi connectivity index (χ1v) is 10.0. The Morgan fingerprint density at radius 1 is 1.07 bits per heavy atom. The van der Waals surface area contributed by atoms with E-state index in [4.69, 9.17) is 18.9 Å². The second kappa shape index (κ2) is 8.84. The minimum Gasteiger partial charge on any atom is -0.497 e. The molecule has 6 nitrogen and oxygen atoms in total. The topological polar surface area (TPSA) is 57.2 Å². The van der Waals surface area contributed by atoms with Crippen LogP contribution >= 0.6 is 0 Å². The zero-order valence-corrected chi connectivity index (χ0v) is 17.0. The Balaban J connectivity index is 1.58. The lowest BCUT2D eigenvalue weighted by atomic mass is 9.98. The summed E-state index contributed by atoms with van der Waals surface area (Å²) in [7, 11) is 3.25. The van der Waals surface area contributed by atoms with Crippen LogP contribution in [0.3, 0.4) is 0 Å². The quantitative estimate of drug-likeness (QED) is 0.504. The van der Waals surface area contributed by atoms with Gasteiger partial charge in [-0.2, -0.15) is 0 Å². The zero-order valence-electron chi connectivity index (χ0n) is 17.0. The van der Waals surface area contributed by atoms with Crippen LogP contribution in [0.2, 0.25) is 0 Å². The molecule has 1 unspecified atom stereocenters. The van der Waals surface area contributed by atoms with E-state index >= 15 is 0 Å². The van der Waals surface area contributed by atoms with E-state index in [9.17, 15) is 4.79 Å². The van der Waals surface area contributed by atoms with Gasteiger partial charge in [-0.3, -0.25) is 4.90 Å². The van der Waals surface area contributed by atoms with Gasteiger partial charge in [0.05, 0.1) is 40.0 Å². The second-order valence-corrected chi connectivity index (χ2v) is 7.28. The molecule has 0 aromatic heterocycles. The molecule has 29 heavy (non-hydrogen) atoms. The minimum atomic E-state index is -0.346. The Labute approximate surface area is 171 Å². The van der Waals surface area contributed by atoms with Gasteiger partial charge in [0.25, 0.3) is 0 Å². The van der Waals surface area contributed by atoms with Crippen molar-refractivity contribution in [3.8, 4) is 28.4 Å². The zero-order chi connectivity index (χ0) is 20.2. The van der Waals surface area contributed by atoms with Gasteiger partial charge in [0.15, 0.2) is 0 Å². The predicted octanol–water partition coefficient (Wildman–Crippen LogP) is 3.12. The highest BCUT2D eigenvalue weighted by atomic mass is 16.5. The highest BCUT2D eigenvalue weighted by Crippen LogP contribution is 2.53. The standard InChI is InChI=1S/C23H27NO5/c1-26-16-13-18-19(15-25)17-5-3-6-20(22(17)23(18)21(14-16)27-2)29-10-4-7-24-8-11-28-12-9-24/h3,5-6,13-15,19H,4,7-12H2,1-2H3. The maximum absolute atomic E-state index is 11.9. The molecule has 6 heteroatoms. The average Bonchev–Trinajstić information content (AvgIpc) is 3.10. The predicted molar refractivity (Wildman–Crippen MR) is 110 cm³/mol. The molecule has 4 rings (SSSR count). The molecule has 2 aromatic carbocycles. The van der Waals surface area contributed by atoms with E-state index in [2.05, 4.69) is 4.90 Å². The molecular formula is C23H27NO5. The average molecular weight is 397 g/mol. The number of ether oxygens (including phenoxy) is 4. The van der Waals surface area contributed by atoms with Crippen LogP contribution < -0.4 is 14.2 Å². The number of rotatable bonds is 8. The first-order valence-electron chi connectivity index (χ1n) is 10.0. The summed E-state index contributed by atoms with van der Waals surface area (Å²) in [6, 6.07) is 9.67. The highest BCUT2D eigenvalue weighted by molar-refractivity contribution is 5.94. The molecule has 0 amide bonds. The SMILES string of the molecule is COc1cc(OC)c2c(c1)C(C=O)c1cccc(OCCCN3CCOCC3)c1-2. The van der Waals surface area contributed by atoms with E-state index in [0.29, 0.717) is 18.1 Å². The van der Waals surface area contributed by atoms with Crippen molar-refractivity contribution in [3.63, 3.8) is 0 Å². The number of aldehydes is 1. The molecule has 1 heterocycles. The molecule has 0 bridgehead atoms. The largest absolute Gasteiger partial charge is 0.497 e. The van der Waals surface area contributed by atoms with Crippen molar-refractivity contribution < 1.29 is 23.7 Å². The molecule has 0 saturated carbocycles. The Morgan fingerprint density at radius 2 is 1.86 bits per heavy atom. The van der Waals surface area contributed by atoms with Gasteiger partial charge in [0, 0.05) is 36.8 Å². The van der Waals surface area contributed by atoms with Crippen LogP contribution in [0, 0.1) is 0 Å². The van der Waals surface area contributed by atoms with Gasteiger partial charge >= 0.3 is 0 Å². The van der Waals surface area contributed by atoms with Crippen LogP contribution in [-0.4, -0.2) is 64.9 Å². The van der Waals surface area contributed by atoms with Crippen molar-refractivity contribution in [3.05, 3.63) is 41.5 Å². The fourth-order valence-electron chi connectivity index (χ4n) is 4.21. The number of fused-ring (bicyclic) bond motifs is 3. The molecule has 1 aliphatic carbocycles. The number of carbonyl (C=O) groups is 1. The van der Waals surface area contributed by atoms with Crippen molar-refractivity contribution >= 4 is 6.29 Å². The molecule has 1 atom stereocenters. The number of carbonyl (C=O) groups excluding carboxylic acids is 1. The Hall–Kier alpha value is -2.57. The lowest BCUT2D eigenvalue weighted by molar-refractivity contribution is -0.108. The van der Waals surface area contributed by atoms with Crippen LogP contribution in [0.4, 0.5) is 0 Å². The minimum absolute atomic E-state index is 0.346. The third-order valence-electron chi connectivity index (χ3n) is 5.66. The molecule has 2 aliphatic rings. The molecule has 0 spiro atoms. The van der Waals surface area contributed by atoms with Gasteiger partial charge in [-0.15, -0.1) is 0 Å². The lowest BCUT2D eigenvalue weighted by Crippen LogP contribution is -2.37. The van der Waals surface area contributed by atoms with Crippen molar-refractivity contribution in [2.75, 3.05) is 53.7 Å². The fraction of sp³-hybridized carbons (Fsp3) is 0.435. The summed E-state index contributed by atoms with van der Waals surface area (Å²) in [4.78, 5) is 14.3. The molecule has 0 radical (unpaired) electrons. The van der Waals surface area contributed by atoms with Crippen LogP contribution in [-0.2, 0) is 9.53 Å². The smallest absolute Gasteiger partial charge is 0.131 e. The van der Waals surface area contributed by atoms with Crippen LogP contribution in [0.5, 0.6) is 17.2 Å². The summed E-state index contributed by atoms with van der Waals surface area (Å²) in [5, 5.41) is 0. The number of benzene rings is 2. The van der Waals surface area contributed by atoms with Gasteiger partial charge in [0.1, 0.15) is 23.5 Å². The molecule has 1 fully saturated rings. The van der Waals surface area contributed by atoms with E-state index in [-0.39, 0.29) is 5.92 Å². The first-order chi connectivity index (χ1) is 14.3. The summed E-state index contributed by atoms with van der Waals surface area (Å²) < 4.78 is 22.6. The molecule has 1 aliphatic heterocycles. The maximum Gasteiger partial charge on any atom is 0.131 e. The van der Waals surface area contributed by atoms with Crippen LogP contribution in [0.15, 0.2) is 30.3 Å². The summed E-state index contributed by atoms with van der Waals surface area (Å²) >= 11 is 0. The van der Waals surface area contributed by atoms with Crippen molar-refractivity contribution in [1.82, 2.24) is 4.90 Å². The third-order valence-corrected chi connectivity index (χ3v) is 5.66. The lowest BCUT2D eigenvalue weighted by Gasteiger charge is -2.26. The number of morpholine rings is 1. The number of nitrogens with zero attached hydrogens (tertiary/aromatic N) is 1. The summed E-state index contributed by atoms with van der Waals surface area (Å²) in [6.45, 7) is 5.18. The van der Waals surface area contributed by atoms with Crippen molar-refractivity contribution in [1.29, 1.82) is 0 Å². The Kier molecular flexibility index (Phi) is 6.02. The van der Waals surface area contributed by atoms with Crippen molar-refractivity contribution in [2.45, 2.75) is 12.3 Å². The first kappa shape index (κ1) is 19.7.